The molecule has 1 unspecified atom stereocenters. The summed E-state index contributed by atoms with van der Waals surface area (Å²) in [5.41, 5.74) is 0. The quantitative estimate of drug-likeness (QED) is 0.332. The average Bonchev–Trinajstić information content (AvgIpc) is 2.09. The van der Waals surface area contributed by atoms with Crippen molar-refractivity contribution in [2.45, 2.75) is 17.5 Å². The predicted molar refractivity (Wildman–Crippen MR) is 41.3 cm³/mol. The van der Waals surface area contributed by atoms with E-state index < -0.39 is 39.5 Å². The summed E-state index contributed by atoms with van der Waals surface area (Å²) in [6.45, 7) is 0. The lowest BCUT2D eigenvalue weighted by molar-refractivity contribution is -0.258. The average molecular weight is 306 g/mol. The van der Waals surface area contributed by atoms with E-state index >= 15 is 0 Å². The summed E-state index contributed by atoms with van der Waals surface area (Å²) in [4.78, 5) is 10.4. The van der Waals surface area contributed by atoms with Gasteiger partial charge in [-0.3, -0.25) is 4.79 Å². The Morgan fingerprint density at radius 3 is 1.94 bits per heavy atom. The predicted octanol–water partition coefficient (Wildman–Crippen LogP) is 0.837. The van der Waals surface area contributed by atoms with Crippen LogP contribution in [-0.2, 0) is 19.6 Å². The summed E-state index contributed by atoms with van der Waals surface area (Å²) in [6, 6.07) is 0. The van der Waals surface area contributed by atoms with Gasteiger partial charge in [-0.05, 0) is 0 Å². The summed E-state index contributed by atoms with van der Waals surface area (Å²) in [6.07, 6.45) is -10.3. The van der Waals surface area contributed by atoms with Crippen molar-refractivity contribution in [2.24, 2.45) is 0 Å². The molecule has 0 spiro atoms. The molecule has 0 N–H and O–H groups in total. The zero-order chi connectivity index (χ0) is 14.1. The van der Waals surface area contributed by atoms with Crippen molar-refractivity contribution >= 4 is 27.7 Å². The van der Waals surface area contributed by atoms with Crippen LogP contribution in [0.5, 0.6) is 0 Å². The van der Waals surface area contributed by atoms with Crippen LogP contribution >= 0.6 is 11.6 Å². The Bertz CT molecular complexity index is 390. The van der Waals surface area contributed by atoms with Crippen LogP contribution in [0, 0.1) is 0 Å². The maximum absolute atomic E-state index is 12.6. The van der Waals surface area contributed by atoms with Crippen LogP contribution in [0.25, 0.3) is 0 Å². The van der Waals surface area contributed by atoms with E-state index in [2.05, 4.69) is 4.74 Å². The molecular weight excluding hydrogens is 303 g/mol. The number of rotatable bonds is 4. The molecule has 12 heteroatoms. The molecule has 0 fully saturated rings. The van der Waals surface area contributed by atoms with Crippen LogP contribution in [0.4, 0.5) is 22.0 Å². The van der Waals surface area contributed by atoms with Crippen molar-refractivity contribution in [3.05, 3.63) is 0 Å². The number of alkyl halides is 6. The summed E-state index contributed by atoms with van der Waals surface area (Å²) >= 11 is 4.70. The lowest BCUT2D eigenvalue weighted by Gasteiger charge is -2.29. The lowest BCUT2D eigenvalue weighted by atomic mass is 10.3. The maximum Gasteiger partial charge on any atom is 0.432 e. The third-order valence-electron chi connectivity index (χ3n) is 1.29. The molecule has 0 aliphatic heterocycles. The Balaban J connectivity index is 5.43. The molecule has 5 nitrogen and oxygen atoms in total. The van der Waals surface area contributed by atoms with Crippen LogP contribution in [0.3, 0.4) is 0 Å². The molecule has 0 aromatic carbocycles. The molecule has 0 bridgehead atoms. The molecule has 0 aromatic heterocycles. The van der Waals surface area contributed by atoms with E-state index in [1.54, 1.807) is 0 Å². The minimum absolute atomic E-state index is 1.22. The van der Waals surface area contributed by atoms with Gasteiger partial charge in [-0.1, -0.05) is 0 Å². The smallest absolute Gasteiger partial charge is 0.432 e. The monoisotopic (exact) mass is 305 g/mol. The van der Waals surface area contributed by atoms with E-state index in [-0.39, 0.29) is 0 Å². The normalized spacial score (nSPS) is 15.5. The largest absolute Gasteiger partial charge is 0.743 e. The van der Waals surface area contributed by atoms with Crippen LogP contribution in [0.1, 0.15) is 0 Å². The Morgan fingerprint density at radius 2 is 1.71 bits per heavy atom. The minimum Gasteiger partial charge on any atom is -0.743 e. The third kappa shape index (κ3) is 3.92. The number of halogens is 6. The maximum atomic E-state index is 12.6. The van der Waals surface area contributed by atoms with Crippen molar-refractivity contribution in [1.82, 2.24) is 0 Å². The van der Waals surface area contributed by atoms with Crippen molar-refractivity contribution < 1.29 is 44.5 Å². The van der Waals surface area contributed by atoms with Crippen LogP contribution in [-0.4, -0.2) is 42.4 Å². The van der Waals surface area contributed by atoms with Crippen LogP contribution in [0.15, 0.2) is 0 Å². The molecule has 0 aromatic rings. The third-order valence-corrected chi connectivity index (χ3v) is 2.39. The molecular formula is C5H3ClF5O5S-. The molecule has 0 saturated heterocycles. The summed E-state index contributed by atoms with van der Waals surface area (Å²) in [7, 11) is -6.66. The van der Waals surface area contributed by atoms with Crippen molar-refractivity contribution in [3.8, 4) is 0 Å². The van der Waals surface area contributed by atoms with E-state index in [0.29, 0.717) is 0 Å². The Hall–Kier alpha value is -0.680. The second-order valence-corrected chi connectivity index (χ2v) is 4.28. The molecule has 0 radical (unpaired) electrons. The molecule has 102 valence electrons. The van der Waals surface area contributed by atoms with E-state index in [1.807, 2.05) is 0 Å². The Morgan fingerprint density at radius 1 is 1.29 bits per heavy atom. The SMILES string of the molecule is O=C(CCl)OC(C(F)(F)F)C(F)(F)S(=O)(=O)[O-]. The Kier molecular flexibility index (Phi) is 4.70. The molecule has 0 heterocycles. The van der Waals surface area contributed by atoms with Crippen LogP contribution < -0.4 is 0 Å². The summed E-state index contributed by atoms with van der Waals surface area (Å²) < 4.78 is 94.5. The summed E-state index contributed by atoms with van der Waals surface area (Å²) in [5, 5.41) is -5.84. The molecule has 0 aliphatic carbocycles. The molecule has 0 amide bonds. The first-order chi connectivity index (χ1) is 7.34. The number of hydrogen-bond acceptors (Lipinski definition) is 5. The van der Waals surface area contributed by atoms with Gasteiger partial charge in [-0.25, -0.2) is 8.42 Å². The highest BCUT2D eigenvalue weighted by Crippen LogP contribution is 2.37. The van der Waals surface area contributed by atoms with Gasteiger partial charge >= 0.3 is 17.4 Å². The fourth-order valence-corrected chi connectivity index (χ4v) is 1.13. The van der Waals surface area contributed by atoms with Gasteiger partial charge in [-0.15, -0.1) is 11.6 Å². The zero-order valence-electron chi connectivity index (χ0n) is 7.50. The fraction of sp³-hybridized carbons (Fsp3) is 0.800. The van der Waals surface area contributed by atoms with Gasteiger partial charge in [0.05, 0.1) is 0 Å². The first-order valence-corrected chi connectivity index (χ1v) is 5.43. The second-order valence-electron chi connectivity index (χ2n) is 2.56. The topological polar surface area (TPSA) is 83.5 Å². The van der Waals surface area contributed by atoms with Crippen LogP contribution in [0.2, 0.25) is 0 Å². The Labute approximate surface area is 96.2 Å². The van der Waals surface area contributed by atoms with Gasteiger partial charge < -0.3 is 9.29 Å². The molecule has 17 heavy (non-hydrogen) atoms. The first-order valence-electron chi connectivity index (χ1n) is 3.49. The number of ether oxygens (including phenoxy) is 1. The van der Waals surface area contributed by atoms with Gasteiger partial charge in [0, 0.05) is 0 Å². The number of carbonyl (C=O) groups is 1. The number of hydrogen-bond donors (Lipinski definition) is 0. The van der Waals surface area contributed by atoms with Gasteiger partial charge in [0.1, 0.15) is 5.88 Å². The standard InChI is InChI=1S/C5H4ClF5O5S/c6-1-2(12)16-3(4(7,8)9)5(10,11)17(13,14)15/h3H,1H2,(H,13,14,15)/p-1. The molecule has 0 rings (SSSR count). The number of carbonyl (C=O) groups excluding carboxylic acids is 1. The zero-order valence-corrected chi connectivity index (χ0v) is 9.07. The van der Waals surface area contributed by atoms with E-state index in [4.69, 9.17) is 11.6 Å². The fourth-order valence-electron chi connectivity index (χ4n) is 0.620. The van der Waals surface area contributed by atoms with Crippen molar-refractivity contribution in [2.75, 3.05) is 5.88 Å². The van der Waals surface area contributed by atoms with Gasteiger partial charge in [0.2, 0.25) is 0 Å². The van der Waals surface area contributed by atoms with Gasteiger partial charge in [-0.2, -0.15) is 22.0 Å². The lowest BCUT2D eigenvalue weighted by Crippen LogP contribution is -2.52. The molecule has 1 atom stereocenters. The molecule has 0 aliphatic rings. The van der Waals surface area contributed by atoms with Gasteiger partial charge in [0.25, 0.3) is 6.10 Å². The first kappa shape index (κ1) is 16.3. The van der Waals surface area contributed by atoms with Crippen molar-refractivity contribution in [1.29, 1.82) is 0 Å². The highest BCUT2D eigenvalue weighted by molar-refractivity contribution is 7.86. The van der Waals surface area contributed by atoms with Gasteiger partial charge in [0.15, 0.2) is 10.1 Å². The highest BCUT2D eigenvalue weighted by Gasteiger charge is 2.62. The van der Waals surface area contributed by atoms with Crippen molar-refractivity contribution in [3.63, 3.8) is 0 Å². The van der Waals surface area contributed by atoms with E-state index in [0.717, 1.165) is 0 Å². The highest BCUT2D eigenvalue weighted by atomic mass is 35.5. The van der Waals surface area contributed by atoms with E-state index in [9.17, 15) is 39.7 Å². The second kappa shape index (κ2) is 4.90. The van der Waals surface area contributed by atoms with E-state index in [1.165, 1.54) is 0 Å². The number of esters is 1. The minimum atomic E-state index is -6.66. The molecule has 0 saturated carbocycles. The summed E-state index contributed by atoms with van der Waals surface area (Å²) in [5.74, 6) is -3.17.